The average molecular weight is 346 g/mol. The van der Waals surface area contributed by atoms with E-state index >= 15 is 0 Å². The van der Waals surface area contributed by atoms with E-state index in [9.17, 15) is 5.11 Å². The van der Waals surface area contributed by atoms with Crippen LogP contribution in [0, 0.1) is 11.3 Å². The average Bonchev–Trinajstić information content (AvgIpc) is 2.63. The summed E-state index contributed by atoms with van der Waals surface area (Å²) in [7, 11) is 0. The third kappa shape index (κ3) is 5.79. The lowest BCUT2D eigenvalue weighted by molar-refractivity contribution is -0.245. The van der Waals surface area contributed by atoms with Crippen LogP contribution in [0.15, 0.2) is 55.1 Å². The maximum Gasteiger partial charge on any atom is 0.207 e. The number of hydrogen-bond donors (Lipinski definition) is 1. The van der Waals surface area contributed by atoms with Crippen molar-refractivity contribution in [3.05, 3.63) is 60.7 Å². The standard InChI is InChI=1S/C21H30O4/c1-5-21(24-15-20(3,4)16-25-21)12-11-17(2)19(13-22)23-14-18-9-7-6-8-10-18/h5-12,17,19,22H,1,13-16H2,2-4H3/b12-11+/t17-,19-/m0/s1. The molecule has 1 saturated heterocycles. The fourth-order valence-corrected chi connectivity index (χ4v) is 2.54. The Bertz CT molecular complexity index is 555. The van der Waals surface area contributed by atoms with Crippen LogP contribution < -0.4 is 0 Å². The number of ether oxygens (including phenoxy) is 3. The van der Waals surface area contributed by atoms with Crippen LogP contribution in [-0.4, -0.2) is 36.8 Å². The normalized spacial score (nSPS) is 21.8. The van der Waals surface area contributed by atoms with Crippen molar-refractivity contribution in [2.45, 2.75) is 39.3 Å². The number of rotatable bonds is 8. The highest BCUT2D eigenvalue weighted by atomic mass is 16.7. The Morgan fingerprint density at radius 3 is 2.44 bits per heavy atom. The summed E-state index contributed by atoms with van der Waals surface area (Å²) in [5.74, 6) is -0.892. The molecule has 2 atom stereocenters. The quantitative estimate of drug-likeness (QED) is 0.729. The second-order valence-corrected chi connectivity index (χ2v) is 7.40. The Balaban J connectivity index is 1.94. The largest absolute Gasteiger partial charge is 0.394 e. The molecule has 1 fully saturated rings. The molecule has 0 saturated carbocycles. The van der Waals surface area contributed by atoms with Gasteiger partial charge in [0.15, 0.2) is 0 Å². The van der Waals surface area contributed by atoms with E-state index in [0.717, 1.165) is 5.56 Å². The van der Waals surface area contributed by atoms with Gasteiger partial charge in [0.2, 0.25) is 5.79 Å². The Kier molecular flexibility index (Phi) is 6.96. The molecule has 2 rings (SSSR count). The molecule has 0 unspecified atom stereocenters. The van der Waals surface area contributed by atoms with Gasteiger partial charge in [0.05, 0.1) is 32.5 Å². The molecule has 1 aliphatic rings. The van der Waals surface area contributed by atoms with Gasteiger partial charge in [-0.3, -0.25) is 0 Å². The lowest BCUT2D eigenvalue weighted by atomic mass is 9.94. The zero-order valence-electron chi connectivity index (χ0n) is 15.5. The van der Waals surface area contributed by atoms with Crippen LogP contribution in [0.25, 0.3) is 0 Å². The van der Waals surface area contributed by atoms with Crippen LogP contribution in [0.3, 0.4) is 0 Å². The highest BCUT2D eigenvalue weighted by molar-refractivity contribution is 5.14. The van der Waals surface area contributed by atoms with Gasteiger partial charge in [0.1, 0.15) is 0 Å². The van der Waals surface area contributed by atoms with Crippen molar-refractivity contribution in [2.24, 2.45) is 11.3 Å². The third-order valence-corrected chi connectivity index (χ3v) is 4.37. The number of hydrogen-bond acceptors (Lipinski definition) is 4. The fourth-order valence-electron chi connectivity index (χ4n) is 2.54. The summed E-state index contributed by atoms with van der Waals surface area (Å²) in [6.45, 7) is 11.7. The van der Waals surface area contributed by atoms with E-state index in [1.807, 2.05) is 49.4 Å². The molecule has 4 heteroatoms. The molecule has 138 valence electrons. The number of aliphatic hydroxyl groups excluding tert-OH is 1. The van der Waals surface area contributed by atoms with Crippen LogP contribution in [0.2, 0.25) is 0 Å². The molecule has 25 heavy (non-hydrogen) atoms. The van der Waals surface area contributed by atoms with Gasteiger partial charge in [0, 0.05) is 11.3 Å². The fraction of sp³-hybridized carbons (Fsp3) is 0.524. The van der Waals surface area contributed by atoms with Crippen molar-refractivity contribution >= 4 is 0 Å². The number of benzene rings is 1. The van der Waals surface area contributed by atoms with E-state index in [2.05, 4.69) is 20.4 Å². The monoisotopic (exact) mass is 346 g/mol. The summed E-state index contributed by atoms with van der Waals surface area (Å²) in [5, 5.41) is 9.66. The molecule has 0 spiro atoms. The summed E-state index contributed by atoms with van der Waals surface area (Å²) in [6, 6.07) is 9.94. The molecule has 0 aromatic heterocycles. The van der Waals surface area contributed by atoms with E-state index in [4.69, 9.17) is 14.2 Å². The maximum absolute atomic E-state index is 9.66. The van der Waals surface area contributed by atoms with Gasteiger partial charge in [-0.1, -0.05) is 63.8 Å². The van der Waals surface area contributed by atoms with Crippen LogP contribution >= 0.6 is 0 Å². The third-order valence-electron chi connectivity index (χ3n) is 4.37. The van der Waals surface area contributed by atoms with Crippen LogP contribution in [0.4, 0.5) is 0 Å². The zero-order chi connectivity index (χ0) is 18.3. The molecular formula is C21H30O4. The molecule has 1 N–H and O–H groups in total. The molecule has 1 aliphatic heterocycles. The minimum Gasteiger partial charge on any atom is -0.394 e. The summed E-state index contributed by atoms with van der Waals surface area (Å²) in [5.41, 5.74) is 1.08. The maximum atomic E-state index is 9.66. The van der Waals surface area contributed by atoms with Gasteiger partial charge in [0.25, 0.3) is 0 Å². The van der Waals surface area contributed by atoms with E-state index < -0.39 is 5.79 Å². The summed E-state index contributed by atoms with van der Waals surface area (Å²) < 4.78 is 17.7. The predicted molar refractivity (Wildman–Crippen MR) is 99.0 cm³/mol. The number of aliphatic hydroxyl groups is 1. The van der Waals surface area contributed by atoms with Crippen LogP contribution in [0.5, 0.6) is 0 Å². The van der Waals surface area contributed by atoms with E-state index in [0.29, 0.717) is 19.8 Å². The second-order valence-electron chi connectivity index (χ2n) is 7.40. The minimum absolute atomic E-state index is 0.00159. The van der Waals surface area contributed by atoms with Crippen molar-refractivity contribution in [3.63, 3.8) is 0 Å². The SMILES string of the molecule is C=CC1(/C=C/[C@H](C)[C@H](CO)OCc2ccccc2)OCC(C)(C)CO1. The molecular weight excluding hydrogens is 316 g/mol. The highest BCUT2D eigenvalue weighted by Gasteiger charge is 2.36. The topological polar surface area (TPSA) is 47.9 Å². The molecule has 1 aromatic carbocycles. The van der Waals surface area contributed by atoms with Gasteiger partial charge in [-0.15, -0.1) is 0 Å². The van der Waals surface area contributed by atoms with Crippen molar-refractivity contribution in [3.8, 4) is 0 Å². The van der Waals surface area contributed by atoms with Crippen LogP contribution in [-0.2, 0) is 20.8 Å². The zero-order valence-corrected chi connectivity index (χ0v) is 15.5. The summed E-state index contributed by atoms with van der Waals surface area (Å²) >= 11 is 0. The first-order valence-corrected chi connectivity index (χ1v) is 8.77. The first-order valence-electron chi connectivity index (χ1n) is 8.77. The molecule has 0 amide bonds. The van der Waals surface area contributed by atoms with Crippen molar-refractivity contribution in [1.29, 1.82) is 0 Å². The molecule has 4 nitrogen and oxygen atoms in total. The van der Waals surface area contributed by atoms with Gasteiger partial charge < -0.3 is 19.3 Å². The van der Waals surface area contributed by atoms with Crippen LogP contribution in [0.1, 0.15) is 26.3 Å². The van der Waals surface area contributed by atoms with E-state index in [-0.39, 0.29) is 24.0 Å². The van der Waals surface area contributed by atoms with Gasteiger partial charge in [-0.25, -0.2) is 0 Å². The summed E-state index contributed by atoms with van der Waals surface area (Å²) in [4.78, 5) is 0. The Labute approximate surface area is 151 Å². The summed E-state index contributed by atoms with van der Waals surface area (Å²) in [6.07, 6.45) is 5.21. The first-order chi connectivity index (χ1) is 11.9. The highest BCUT2D eigenvalue weighted by Crippen LogP contribution is 2.31. The van der Waals surface area contributed by atoms with Gasteiger partial charge in [-0.2, -0.15) is 0 Å². The molecule has 1 heterocycles. The van der Waals surface area contributed by atoms with Crippen molar-refractivity contribution in [2.75, 3.05) is 19.8 Å². The van der Waals surface area contributed by atoms with Gasteiger partial charge >= 0.3 is 0 Å². The van der Waals surface area contributed by atoms with Gasteiger partial charge in [-0.05, 0) is 17.7 Å². The van der Waals surface area contributed by atoms with E-state index in [1.165, 1.54) is 0 Å². The Morgan fingerprint density at radius 1 is 1.24 bits per heavy atom. The van der Waals surface area contributed by atoms with E-state index in [1.54, 1.807) is 6.08 Å². The predicted octanol–water partition coefficient (Wildman–Crippen LogP) is 3.71. The Hall–Kier alpha value is -1.46. The lowest BCUT2D eigenvalue weighted by Crippen LogP contribution is -2.45. The Morgan fingerprint density at radius 2 is 1.88 bits per heavy atom. The smallest absolute Gasteiger partial charge is 0.207 e. The van der Waals surface area contributed by atoms with Crippen molar-refractivity contribution in [1.82, 2.24) is 0 Å². The first kappa shape index (κ1) is 19.9. The van der Waals surface area contributed by atoms with Crippen molar-refractivity contribution < 1.29 is 19.3 Å². The lowest BCUT2D eigenvalue weighted by Gasteiger charge is -2.40. The molecule has 0 bridgehead atoms. The molecule has 0 aliphatic carbocycles. The molecule has 1 aromatic rings. The minimum atomic E-state index is -0.900. The molecule has 0 radical (unpaired) electrons. The second kappa shape index (κ2) is 8.77.